The van der Waals surface area contributed by atoms with E-state index in [-0.39, 0.29) is 11.9 Å². The predicted molar refractivity (Wildman–Crippen MR) is 57.0 cm³/mol. The maximum atomic E-state index is 11.9. The molecule has 0 unspecified atom stereocenters. The molecule has 0 aromatic heterocycles. The Morgan fingerprint density at radius 1 is 1.50 bits per heavy atom. The number of rotatable bonds is 5. The molecule has 0 spiro atoms. The molecule has 0 fully saturated rings. The Hall–Kier alpha value is -0.610. The number of hydrogen-bond donors (Lipinski definition) is 1. The quantitative estimate of drug-likeness (QED) is 0.710. The molecule has 0 saturated heterocycles. The van der Waals surface area contributed by atoms with Gasteiger partial charge >= 0.3 is 0 Å². The summed E-state index contributed by atoms with van der Waals surface area (Å²) < 4.78 is 4.95. The summed E-state index contributed by atoms with van der Waals surface area (Å²) >= 11 is 0. The van der Waals surface area contributed by atoms with Gasteiger partial charge in [0, 0.05) is 19.7 Å². The van der Waals surface area contributed by atoms with Gasteiger partial charge in [-0.2, -0.15) is 0 Å². The maximum absolute atomic E-state index is 11.9. The second-order valence-electron chi connectivity index (χ2n) is 4.31. The molecule has 2 N–H and O–H groups in total. The SMILES string of the molecule is COCCN(C(=O)C(C)(C)N)C(C)C. The number of methoxy groups -OCH3 is 1. The van der Waals surface area contributed by atoms with Crippen molar-refractivity contribution in [2.45, 2.75) is 39.3 Å². The van der Waals surface area contributed by atoms with Crippen LogP contribution in [0.15, 0.2) is 0 Å². The lowest BCUT2D eigenvalue weighted by molar-refractivity contribution is -0.138. The number of ether oxygens (including phenoxy) is 1. The Labute approximate surface area is 86.4 Å². The summed E-state index contributed by atoms with van der Waals surface area (Å²) in [5.41, 5.74) is 4.95. The first kappa shape index (κ1) is 13.4. The van der Waals surface area contributed by atoms with Crippen LogP contribution in [-0.2, 0) is 9.53 Å². The highest BCUT2D eigenvalue weighted by molar-refractivity contribution is 5.85. The topological polar surface area (TPSA) is 55.6 Å². The fourth-order valence-corrected chi connectivity index (χ4v) is 1.15. The Bertz CT molecular complexity index is 185. The zero-order valence-electron chi connectivity index (χ0n) is 9.83. The lowest BCUT2D eigenvalue weighted by atomic mass is 10.0. The third-order valence-electron chi connectivity index (χ3n) is 1.97. The molecule has 0 heterocycles. The smallest absolute Gasteiger partial charge is 0.242 e. The van der Waals surface area contributed by atoms with Crippen LogP contribution in [0.2, 0.25) is 0 Å². The van der Waals surface area contributed by atoms with Gasteiger partial charge in [0.05, 0.1) is 12.1 Å². The number of hydrogen-bond acceptors (Lipinski definition) is 3. The minimum atomic E-state index is -0.808. The molecule has 0 radical (unpaired) electrons. The van der Waals surface area contributed by atoms with Crippen molar-refractivity contribution in [2.24, 2.45) is 5.73 Å². The third-order valence-corrected chi connectivity index (χ3v) is 1.97. The molecule has 0 aliphatic heterocycles. The van der Waals surface area contributed by atoms with Crippen LogP contribution in [0.3, 0.4) is 0 Å². The summed E-state index contributed by atoms with van der Waals surface area (Å²) in [5.74, 6) is -0.0375. The first-order valence-corrected chi connectivity index (χ1v) is 4.89. The number of carbonyl (C=O) groups is 1. The number of nitrogens with zero attached hydrogens (tertiary/aromatic N) is 1. The molecular weight excluding hydrogens is 180 g/mol. The molecular formula is C10H22N2O2. The highest BCUT2D eigenvalue weighted by Gasteiger charge is 2.28. The molecule has 0 atom stereocenters. The van der Waals surface area contributed by atoms with E-state index in [0.29, 0.717) is 13.2 Å². The Balaban J connectivity index is 4.42. The van der Waals surface area contributed by atoms with Crippen LogP contribution in [0, 0.1) is 0 Å². The van der Waals surface area contributed by atoms with Gasteiger partial charge in [-0.15, -0.1) is 0 Å². The number of carbonyl (C=O) groups excluding carboxylic acids is 1. The largest absolute Gasteiger partial charge is 0.383 e. The van der Waals surface area contributed by atoms with Gasteiger partial charge in [-0.05, 0) is 27.7 Å². The van der Waals surface area contributed by atoms with Crippen molar-refractivity contribution in [3.8, 4) is 0 Å². The van der Waals surface area contributed by atoms with Gasteiger partial charge in [0.2, 0.25) is 5.91 Å². The van der Waals surface area contributed by atoms with E-state index in [2.05, 4.69) is 0 Å². The zero-order valence-corrected chi connectivity index (χ0v) is 9.83. The van der Waals surface area contributed by atoms with E-state index >= 15 is 0 Å². The van der Waals surface area contributed by atoms with Crippen molar-refractivity contribution in [1.82, 2.24) is 4.90 Å². The van der Waals surface area contributed by atoms with Gasteiger partial charge < -0.3 is 15.4 Å². The van der Waals surface area contributed by atoms with Gasteiger partial charge in [0.1, 0.15) is 0 Å². The van der Waals surface area contributed by atoms with Crippen LogP contribution in [0.5, 0.6) is 0 Å². The van der Waals surface area contributed by atoms with E-state index in [1.54, 1.807) is 25.9 Å². The minimum absolute atomic E-state index is 0.0375. The fourth-order valence-electron chi connectivity index (χ4n) is 1.15. The maximum Gasteiger partial charge on any atom is 0.242 e. The molecule has 0 bridgehead atoms. The van der Waals surface area contributed by atoms with Crippen LogP contribution in [-0.4, -0.2) is 42.6 Å². The van der Waals surface area contributed by atoms with Crippen molar-refractivity contribution in [3.63, 3.8) is 0 Å². The van der Waals surface area contributed by atoms with Crippen molar-refractivity contribution in [1.29, 1.82) is 0 Å². The lowest BCUT2D eigenvalue weighted by Crippen LogP contribution is -2.54. The van der Waals surface area contributed by atoms with Gasteiger partial charge in [-0.25, -0.2) is 0 Å². The Morgan fingerprint density at radius 2 is 2.00 bits per heavy atom. The first-order chi connectivity index (χ1) is 6.30. The molecule has 0 aliphatic rings. The van der Waals surface area contributed by atoms with E-state index in [0.717, 1.165) is 0 Å². The van der Waals surface area contributed by atoms with Crippen LogP contribution < -0.4 is 5.73 Å². The Morgan fingerprint density at radius 3 is 2.29 bits per heavy atom. The third kappa shape index (κ3) is 4.07. The average Bonchev–Trinajstić information content (AvgIpc) is 2.02. The van der Waals surface area contributed by atoms with Gasteiger partial charge in [0.25, 0.3) is 0 Å². The Kier molecular flexibility index (Phi) is 5.08. The predicted octanol–water partition coefficient (Wildman–Crippen LogP) is 0.607. The van der Waals surface area contributed by atoms with E-state index in [9.17, 15) is 4.79 Å². The molecule has 84 valence electrons. The van der Waals surface area contributed by atoms with Gasteiger partial charge in [0.15, 0.2) is 0 Å². The van der Waals surface area contributed by atoms with Crippen LogP contribution in [0.25, 0.3) is 0 Å². The first-order valence-electron chi connectivity index (χ1n) is 4.89. The summed E-state index contributed by atoms with van der Waals surface area (Å²) in [6, 6.07) is 0.153. The van der Waals surface area contributed by atoms with Crippen molar-refractivity contribution in [2.75, 3.05) is 20.3 Å². The highest BCUT2D eigenvalue weighted by atomic mass is 16.5. The molecule has 4 heteroatoms. The lowest BCUT2D eigenvalue weighted by Gasteiger charge is -2.32. The van der Waals surface area contributed by atoms with E-state index in [4.69, 9.17) is 10.5 Å². The fraction of sp³-hybridized carbons (Fsp3) is 0.900. The summed E-state index contributed by atoms with van der Waals surface area (Å²) in [6.07, 6.45) is 0. The monoisotopic (exact) mass is 202 g/mol. The number of amides is 1. The van der Waals surface area contributed by atoms with Crippen LogP contribution in [0.4, 0.5) is 0 Å². The van der Waals surface area contributed by atoms with Crippen molar-refractivity contribution in [3.05, 3.63) is 0 Å². The minimum Gasteiger partial charge on any atom is -0.383 e. The number of nitrogens with two attached hydrogens (primary N) is 1. The van der Waals surface area contributed by atoms with Crippen molar-refractivity contribution >= 4 is 5.91 Å². The summed E-state index contributed by atoms with van der Waals surface area (Å²) in [4.78, 5) is 13.6. The molecule has 0 saturated carbocycles. The zero-order chi connectivity index (χ0) is 11.4. The van der Waals surface area contributed by atoms with Crippen molar-refractivity contribution < 1.29 is 9.53 Å². The molecule has 0 aliphatic carbocycles. The van der Waals surface area contributed by atoms with E-state index in [1.165, 1.54) is 0 Å². The second kappa shape index (κ2) is 5.32. The molecule has 14 heavy (non-hydrogen) atoms. The van der Waals surface area contributed by atoms with Gasteiger partial charge in [-0.3, -0.25) is 4.79 Å². The van der Waals surface area contributed by atoms with E-state index < -0.39 is 5.54 Å². The average molecular weight is 202 g/mol. The molecule has 1 amide bonds. The summed E-state index contributed by atoms with van der Waals surface area (Å²) in [6.45, 7) is 8.52. The molecule has 0 aromatic carbocycles. The normalized spacial score (nSPS) is 11.9. The highest BCUT2D eigenvalue weighted by Crippen LogP contribution is 2.08. The van der Waals surface area contributed by atoms with Crippen LogP contribution in [0.1, 0.15) is 27.7 Å². The molecule has 0 aromatic rings. The second-order valence-corrected chi connectivity index (χ2v) is 4.31. The summed E-state index contributed by atoms with van der Waals surface area (Å²) in [5, 5.41) is 0. The molecule has 0 rings (SSSR count). The van der Waals surface area contributed by atoms with E-state index in [1.807, 2.05) is 13.8 Å². The summed E-state index contributed by atoms with van der Waals surface area (Å²) in [7, 11) is 1.62. The van der Waals surface area contributed by atoms with Gasteiger partial charge in [-0.1, -0.05) is 0 Å². The standard InChI is InChI=1S/C10H22N2O2/c1-8(2)12(6-7-14-5)9(13)10(3,4)11/h8H,6-7,11H2,1-5H3. The molecule has 4 nitrogen and oxygen atoms in total. The van der Waals surface area contributed by atoms with Crippen LogP contribution >= 0.6 is 0 Å².